The van der Waals surface area contributed by atoms with Gasteiger partial charge in [-0.2, -0.15) is 14.7 Å². The Morgan fingerprint density at radius 1 is 1.27 bits per heavy atom. The number of nitriles is 1. The number of aryl methyl sites for hydroxylation is 1. The largest absolute Gasteiger partial charge is 0.391 e. The number of sulfonamides is 1. The molecule has 0 radical (unpaired) electrons. The highest BCUT2D eigenvalue weighted by molar-refractivity contribution is 7.89. The second-order valence-corrected chi connectivity index (χ2v) is 10.1. The molecule has 1 fully saturated rings. The van der Waals surface area contributed by atoms with Gasteiger partial charge in [0, 0.05) is 31.4 Å². The monoisotopic (exact) mass is 462 g/mol. The average Bonchev–Trinajstić information content (AvgIpc) is 3.38. The van der Waals surface area contributed by atoms with Crippen LogP contribution in [0.5, 0.6) is 0 Å². The zero-order valence-electron chi connectivity index (χ0n) is 18.4. The van der Waals surface area contributed by atoms with Crippen LogP contribution in [0.25, 0.3) is 17.3 Å². The molecule has 0 unspecified atom stereocenters. The number of hydrogen-bond donors (Lipinski definition) is 2. The van der Waals surface area contributed by atoms with E-state index < -0.39 is 10.0 Å². The van der Waals surface area contributed by atoms with E-state index in [1.165, 1.54) is 10.4 Å². The Labute approximate surface area is 194 Å². The number of pyridine rings is 1. The van der Waals surface area contributed by atoms with Gasteiger partial charge < -0.3 is 5.32 Å². The molecule has 3 aromatic rings. The number of nitrogens with one attached hydrogen (secondary N) is 2. The van der Waals surface area contributed by atoms with Gasteiger partial charge in [-0.15, -0.1) is 0 Å². The fourth-order valence-corrected chi connectivity index (χ4v) is 5.38. The van der Waals surface area contributed by atoms with Crippen molar-refractivity contribution in [1.82, 2.24) is 24.8 Å². The number of piperidine rings is 1. The topological polar surface area (TPSA) is 115 Å². The van der Waals surface area contributed by atoms with Crippen molar-refractivity contribution in [2.75, 3.05) is 19.6 Å². The molecule has 33 heavy (non-hydrogen) atoms. The second kappa shape index (κ2) is 9.98. The zero-order chi connectivity index (χ0) is 23.3. The van der Waals surface area contributed by atoms with Crippen molar-refractivity contribution >= 4 is 16.1 Å². The summed E-state index contributed by atoms with van der Waals surface area (Å²) >= 11 is 0. The maximum absolute atomic E-state index is 12.9. The molecule has 170 valence electrons. The predicted molar refractivity (Wildman–Crippen MR) is 126 cm³/mol. The number of aromatic nitrogens is 3. The van der Waals surface area contributed by atoms with E-state index in [9.17, 15) is 8.42 Å². The second-order valence-electron chi connectivity index (χ2n) is 8.11. The lowest BCUT2D eigenvalue weighted by Crippen LogP contribution is -2.40. The molecule has 1 aliphatic rings. The number of nitrogens with zero attached hydrogens (tertiary/aromatic N) is 4. The third kappa shape index (κ3) is 5.30. The third-order valence-corrected chi connectivity index (χ3v) is 7.76. The van der Waals surface area contributed by atoms with Crippen LogP contribution in [0, 0.1) is 24.2 Å². The minimum absolute atomic E-state index is 0.182. The highest BCUT2D eigenvalue weighted by Gasteiger charge is 2.29. The van der Waals surface area contributed by atoms with Crippen molar-refractivity contribution in [2.45, 2.75) is 24.7 Å². The summed E-state index contributed by atoms with van der Waals surface area (Å²) < 4.78 is 27.3. The highest BCUT2D eigenvalue weighted by Crippen LogP contribution is 2.24. The van der Waals surface area contributed by atoms with Crippen molar-refractivity contribution in [3.63, 3.8) is 0 Å². The number of H-pyrrole nitrogens is 1. The van der Waals surface area contributed by atoms with E-state index in [1.807, 2.05) is 43.6 Å². The summed E-state index contributed by atoms with van der Waals surface area (Å²) in [6.07, 6.45) is 8.99. The molecule has 3 heterocycles. The molecule has 8 nitrogen and oxygen atoms in total. The Bertz CT molecular complexity index is 1270. The SMILES string of the molecule is Cc1ccc(-c2cn[nH]c2)nc1/C=C\NCC1CCN(S(=O)(=O)c2cccc(C#N)c2)CC1. The van der Waals surface area contributed by atoms with Gasteiger partial charge in [0.2, 0.25) is 10.0 Å². The van der Waals surface area contributed by atoms with Crippen LogP contribution >= 0.6 is 0 Å². The molecule has 9 heteroatoms. The van der Waals surface area contributed by atoms with Gasteiger partial charge in [0.15, 0.2) is 0 Å². The van der Waals surface area contributed by atoms with E-state index in [-0.39, 0.29) is 4.90 Å². The molecular formula is C24H26N6O2S. The molecule has 0 aliphatic carbocycles. The van der Waals surface area contributed by atoms with Crippen LogP contribution in [-0.4, -0.2) is 47.5 Å². The maximum Gasteiger partial charge on any atom is 0.243 e. The van der Waals surface area contributed by atoms with Gasteiger partial charge >= 0.3 is 0 Å². The summed E-state index contributed by atoms with van der Waals surface area (Å²) in [7, 11) is -3.57. The van der Waals surface area contributed by atoms with Gasteiger partial charge in [0.25, 0.3) is 0 Å². The normalized spacial score (nSPS) is 15.5. The first-order chi connectivity index (χ1) is 16.0. The third-order valence-electron chi connectivity index (χ3n) is 5.87. The van der Waals surface area contributed by atoms with Crippen molar-refractivity contribution in [3.05, 3.63) is 71.8 Å². The molecule has 2 N–H and O–H groups in total. The molecule has 0 amide bonds. The van der Waals surface area contributed by atoms with E-state index in [4.69, 9.17) is 10.2 Å². The van der Waals surface area contributed by atoms with Crippen molar-refractivity contribution in [1.29, 1.82) is 5.26 Å². The Hall–Kier alpha value is -3.48. The van der Waals surface area contributed by atoms with Crippen molar-refractivity contribution in [3.8, 4) is 17.3 Å². The first-order valence-corrected chi connectivity index (χ1v) is 12.3. The van der Waals surface area contributed by atoms with Crippen molar-refractivity contribution in [2.24, 2.45) is 5.92 Å². The number of benzene rings is 1. The van der Waals surface area contributed by atoms with Crippen LogP contribution < -0.4 is 5.32 Å². The summed E-state index contributed by atoms with van der Waals surface area (Å²) in [4.78, 5) is 4.88. The molecule has 2 aromatic heterocycles. The molecule has 0 saturated carbocycles. The van der Waals surface area contributed by atoms with Crippen LogP contribution in [0.2, 0.25) is 0 Å². The maximum atomic E-state index is 12.9. The lowest BCUT2D eigenvalue weighted by Gasteiger charge is -2.31. The number of rotatable bonds is 7. The number of hydrogen-bond acceptors (Lipinski definition) is 6. The molecule has 0 bridgehead atoms. The van der Waals surface area contributed by atoms with Gasteiger partial charge in [-0.1, -0.05) is 12.1 Å². The molecular weight excluding hydrogens is 436 g/mol. The first-order valence-electron chi connectivity index (χ1n) is 10.8. The summed E-state index contributed by atoms with van der Waals surface area (Å²) in [6.45, 7) is 3.74. The molecule has 1 aromatic carbocycles. The fourth-order valence-electron chi connectivity index (χ4n) is 3.87. The highest BCUT2D eigenvalue weighted by atomic mass is 32.2. The van der Waals surface area contributed by atoms with Gasteiger partial charge in [-0.3, -0.25) is 5.10 Å². The lowest BCUT2D eigenvalue weighted by molar-refractivity contribution is 0.272. The van der Waals surface area contributed by atoms with E-state index >= 15 is 0 Å². The van der Waals surface area contributed by atoms with Crippen LogP contribution in [0.3, 0.4) is 0 Å². The Balaban J connectivity index is 1.30. The lowest BCUT2D eigenvalue weighted by atomic mass is 9.98. The summed E-state index contributed by atoms with van der Waals surface area (Å²) in [6, 6.07) is 12.2. The molecule has 1 saturated heterocycles. The number of aromatic amines is 1. The summed E-state index contributed by atoms with van der Waals surface area (Å²) in [5.41, 5.74) is 4.13. The molecule has 1 aliphatic heterocycles. The molecule has 4 rings (SSSR count). The van der Waals surface area contributed by atoms with Crippen molar-refractivity contribution < 1.29 is 8.42 Å². The predicted octanol–water partition coefficient (Wildman–Crippen LogP) is 3.31. The van der Waals surface area contributed by atoms with E-state index in [2.05, 4.69) is 15.5 Å². The summed E-state index contributed by atoms with van der Waals surface area (Å²) in [5.74, 6) is 0.387. The van der Waals surface area contributed by atoms with Gasteiger partial charge in [-0.25, -0.2) is 13.4 Å². The minimum atomic E-state index is -3.57. The average molecular weight is 463 g/mol. The Kier molecular flexibility index (Phi) is 6.87. The molecule has 0 spiro atoms. The van der Waals surface area contributed by atoms with Crippen LogP contribution in [0.4, 0.5) is 0 Å². The molecule has 0 atom stereocenters. The van der Waals surface area contributed by atoms with Gasteiger partial charge in [-0.05, 0) is 67.8 Å². The smallest absolute Gasteiger partial charge is 0.243 e. The fraction of sp³-hybridized carbons (Fsp3) is 0.292. The Morgan fingerprint density at radius 3 is 2.82 bits per heavy atom. The summed E-state index contributed by atoms with van der Waals surface area (Å²) in [5, 5.41) is 19.2. The van der Waals surface area contributed by atoms with Crippen LogP contribution in [0.15, 0.2) is 59.9 Å². The standard InChI is InChI=1S/C24H26N6O2S/c1-18-5-6-24(21-16-27-28-17-21)29-23(18)7-10-26-15-19-8-11-30(12-9-19)33(31,32)22-4-2-3-20(13-22)14-25/h2-7,10,13,16-17,19,26H,8-9,11-12,15H2,1H3,(H,27,28)/b10-7-. The van der Waals surface area contributed by atoms with Crippen LogP contribution in [-0.2, 0) is 10.0 Å². The van der Waals surface area contributed by atoms with E-state index in [1.54, 1.807) is 24.4 Å². The van der Waals surface area contributed by atoms with E-state index in [0.717, 1.165) is 41.9 Å². The quantitative estimate of drug-likeness (QED) is 0.557. The van der Waals surface area contributed by atoms with Gasteiger partial charge in [0.05, 0.1) is 34.1 Å². The Morgan fingerprint density at radius 2 is 2.09 bits per heavy atom. The zero-order valence-corrected chi connectivity index (χ0v) is 19.2. The first kappa shape index (κ1) is 22.7. The minimum Gasteiger partial charge on any atom is -0.391 e. The van der Waals surface area contributed by atoms with Crippen LogP contribution in [0.1, 0.15) is 29.7 Å². The van der Waals surface area contributed by atoms with E-state index in [0.29, 0.717) is 24.6 Å². The van der Waals surface area contributed by atoms with Gasteiger partial charge in [0.1, 0.15) is 0 Å².